The third-order valence-corrected chi connectivity index (χ3v) is 7.63. The van der Waals surface area contributed by atoms with E-state index in [4.69, 9.17) is 16.3 Å². The molecule has 0 spiro atoms. The molecule has 0 fully saturated rings. The summed E-state index contributed by atoms with van der Waals surface area (Å²) in [6, 6.07) is 13.0. The van der Waals surface area contributed by atoms with Gasteiger partial charge in [-0.2, -0.15) is 0 Å². The molecule has 2 amide bonds. The van der Waals surface area contributed by atoms with Gasteiger partial charge in [0.2, 0.25) is 0 Å². The fourth-order valence-corrected chi connectivity index (χ4v) is 5.94. The Morgan fingerprint density at radius 3 is 2.88 bits per heavy atom. The molecular weight excluding hydrogens is 474 g/mol. The highest BCUT2D eigenvalue weighted by Crippen LogP contribution is 2.42. The zero-order valence-corrected chi connectivity index (χ0v) is 20.1. The van der Waals surface area contributed by atoms with Gasteiger partial charge < -0.3 is 25.4 Å². The molecule has 2 aliphatic rings. The second-order valence-electron chi connectivity index (χ2n) is 8.29. The summed E-state index contributed by atoms with van der Waals surface area (Å²) in [4.78, 5) is 27.9. The molecule has 9 heteroatoms. The van der Waals surface area contributed by atoms with Crippen LogP contribution >= 0.6 is 22.9 Å². The van der Waals surface area contributed by atoms with Gasteiger partial charge in [-0.3, -0.25) is 4.79 Å². The van der Waals surface area contributed by atoms with Crippen molar-refractivity contribution in [3.63, 3.8) is 0 Å². The molecular formula is C25H24ClN3O4S. The maximum Gasteiger partial charge on any atom is 0.410 e. The van der Waals surface area contributed by atoms with Crippen molar-refractivity contribution in [2.45, 2.75) is 32.5 Å². The van der Waals surface area contributed by atoms with Crippen LogP contribution in [0.1, 0.15) is 50.6 Å². The molecule has 2 aromatic carbocycles. The number of carbonyl (C=O) groups excluding carboxylic acids is 2. The highest BCUT2D eigenvalue weighted by atomic mass is 35.5. The first-order valence-corrected chi connectivity index (χ1v) is 12.3. The Morgan fingerprint density at radius 1 is 1.26 bits per heavy atom. The van der Waals surface area contributed by atoms with Crippen molar-refractivity contribution in [2.75, 3.05) is 18.5 Å². The van der Waals surface area contributed by atoms with Crippen LogP contribution in [0.2, 0.25) is 5.02 Å². The Labute approximate surface area is 206 Å². The topological polar surface area (TPSA) is 90.9 Å². The predicted octanol–water partition coefficient (Wildman–Crippen LogP) is 5.07. The number of phenolic OH excluding ortho intramolecular Hbond substituents is 1. The average Bonchev–Trinajstić information content (AvgIpc) is 3.20. The van der Waals surface area contributed by atoms with Crippen LogP contribution in [0.25, 0.3) is 0 Å². The first-order chi connectivity index (χ1) is 16.4. The van der Waals surface area contributed by atoms with Crippen LogP contribution in [0.5, 0.6) is 5.75 Å². The van der Waals surface area contributed by atoms with Gasteiger partial charge in [0.1, 0.15) is 16.9 Å². The molecule has 3 heterocycles. The van der Waals surface area contributed by atoms with Gasteiger partial charge in [-0.05, 0) is 54.7 Å². The Morgan fingerprint density at radius 2 is 2.09 bits per heavy atom. The molecule has 5 rings (SSSR count). The van der Waals surface area contributed by atoms with Gasteiger partial charge in [0, 0.05) is 22.0 Å². The van der Waals surface area contributed by atoms with Crippen molar-refractivity contribution in [1.82, 2.24) is 10.2 Å². The molecule has 2 aliphatic heterocycles. The number of benzene rings is 2. The van der Waals surface area contributed by atoms with E-state index in [9.17, 15) is 14.7 Å². The van der Waals surface area contributed by atoms with Gasteiger partial charge in [0.15, 0.2) is 0 Å². The fourth-order valence-electron chi connectivity index (χ4n) is 4.45. The quantitative estimate of drug-likeness (QED) is 0.468. The lowest BCUT2D eigenvalue weighted by Crippen LogP contribution is -2.39. The van der Waals surface area contributed by atoms with Crippen molar-refractivity contribution in [1.29, 1.82) is 0 Å². The minimum Gasteiger partial charge on any atom is -0.508 e. The Bertz CT molecular complexity index is 1280. The van der Waals surface area contributed by atoms with Crippen molar-refractivity contribution in [2.24, 2.45) is 0 Å². The summed E-state index contributed by atoms with van der Waals surface area (Å²) in [6.45, 7) is 3.04. The number of hydrogen-bond acceptors (Lipinski definition) is 6. The van der Waals surface area contributed by atoms with Crippen LogP contribution < -0.4 is 10.6 Å². The summed E-state index contributed by atoms with van der Waals surface area (Å²) in [5, 5.41) is 18.4. The Hall–Kier alpha value is -3.23. The molecule has 0 radical (unpaired) electrons. The number of carbonyl (C=O) groups is 2. The maximum atomic E-state index is 13.1. The zero-order chi connectivity index (χ0) is 23.8. The number of nitrogens with zero attached hydrogens (tertiary/aromatic N) is 1. The van der Waals surface area contributed by atoms with Crippen LogP contribution in [0.15, 0.2) is 42.5 Å². The third kappa shape index (κ3) is 4.19. The average molecular weight is 498 g/mol. The summed E-state index contributed by atoms with van der Waals surface area (Å²) in [5.74, 6) is -0.0873. The van der Waals surface area contributed by atoms with E-state index in [1.54, 1.807) is 17.9 Å². The summed E-state index contributed by atoms with van der Waals surface area (Å²) >= 11 is 7.79. The number of amides is 2. The fraction of sp³-hybridized carbons (Fsp3) is 0.280. The molecule has 0 unspecified atom stereocenters. The molecule has 0 saturated heterocycles. The highest BCUT2D eigenvalue weighted by molar-refractivity contribution is 7.16. The first-order valence-electron chi connectivity index (χ1n) is 11.1. The summed E-state index contributed by atoms with van der Waals surface area (Å²) in [5.41, 5.74) is 4.15. The van der Waals surface area contributed by atoms with E-state index in [1.165, 1.54) is 11.3 Å². The molecule has 3 N–H and O–H groups in total. The predicted molar refractivity (Wildman–Crippen MR) is 132 cm³/mol. The van der Waals surface area contributed by atoms with Gasteiger partial charge in [-0.1, -0.05) is 35.9 Å². The van der Waals surface area contributed by atoms with Crippen LogP contribution in [0.4, 0.5) is 9.80 Å². The van der Waals surface area contributed by atoms with E-state index in [1.807, 2.05) is 36.4 Å². The molecule has 0 aliphatic carbocycles. The second-order valence-corrected chi connectivity index (χ2v) is 9.80. The standard InChI is InChI=1S/C25H24ClN3O4S/c1-2-33-25(32)29-10-9-16-20(13-29)34-24-21(16)23(31)27-22(28-24)17-12-14(7-8-19(17)30)11-15-5-3-4-6-18(15)26/h3-8,12,22,28,30H,2,9-11,13H2,1H3,(H,27,31)/t22-/m0/s1. The number of halogens is 1. The third-order valence-electron chi connectivity index (χ3n) is 6.12. The maximum absolute atomic E-state index is 13.1. The molecule has 1 aromatic heterocycles. The molecule has 176 valence electrons. The summed E-state index contributed by atoms with van der Waals surface area (Å²) < 4.78 is 5.13. The van der Waals surface area contributed by atoms with Gasteiger partial charge >= 0.3 is 6.09 Å². The number of fused-ring (bicyclic) bond motifs is 3. The molecule has 34 heavy (non-hydrogen) atoms. The number of hydrogen-bond donors (Lipinski definition) is 3. The number of thiophene rings is 1. The van der Waals surface area contributed by atoms with E-state index in [0.717, 1.165) is 26.6 Å². The highest BCUT2D eigenvalue weighted by Gasteiger charge is 2.35. The summed E-state index contributed by atoms with van der Waals surface area (Å²) in [6.07, 6.45) is 0.288. The number of anilines is 1. The van der Waals surface area contributed by atoms with Crippen molar-refractivity contribution < 1.29 is 19.4 Å². The number of ether oxygens (including phenoxy) is 1. The van der Waals surface area contributed by atoms with Crippen LogP contribution in [0, 0.1) is 0 Å². The van der Waals surface area contributed by atoms with Crippen molar-refractivity contribution >= 4 is 39.9 Å². The van der Waals surface area contributed by atoms with E-state index in [-0.39, 0.29) is 17.7 Å². The van der Waals surface area contributed by atoms with Crippen LogP contribution in [0.3, 0.4) is 0 Å². The lowest BCUT2D eigenvalue weighted by molar-refractivity contribution is 0.0934. The summed E-state index contributed by atoms with van der Waals surface area (Å²) in [7, 11) is 0. The number of nitrogens with one attached hydrogen (secondary N) is 2. The first kappa shape index (κ1) is 22.6. The van der Waals surface area contributed by atoms with E-state index in [0.29, 0.717) is 48.7 Å². The molecule has 7 nitrogen and oxygen atoms in total. The van der Waals surface area contributed by atoms with Crippen molar-refractivity contribution in [3.8, 4) is 5.75 Å². The van der Waals surface area contributed by atoms with E-state index < -0.39 is 6.17 Å². The number of aromatic hydroxyl groups is 1. The van der Waals surface area contributed by atoms with E-state index >= 15 is 0 Å². The van der Waals surface area contributed by atoms with Gasteiger partial charge in [-0.15, -0.1) is 11.3 Å². The zero-order valence-electron chi connectivity index (χ0n) is 18.6. The number of rotatable bonds is 4. The normalized spacial score (nSPS) is 16.8. The second kappa shape index (κ2) is 9.19. The molecule has 0 bridgehead atoms. The van der Waals surface area contributed by atoms with Gasteiger partial charge in [-0.25, -0.2) is 4.79 Å². The van der Waals surface area contributed by atoms with E-state index in [2.05, 4.69) is 10.6 Å². The van der Waals surface area contributed by atoms with Gasteiger partial charge in [0.05, 0.1) is 18.7 Å². The minimum atomic E-state index is -0.576. The number of phenols is 1. The lowest BCUT2D eigenvalue weighted by atomic mass is 9.98. The monoisotopic (exact) mass is 497 g/mol. The molecule has 3 aromatic rings. The largest absolute Gasteiger partial charge is 0.508 e. The lowest BCUT2D eigenvalue weighted by Gasteiger charge is -2.28. The minimum absolute atomic E-state index is 0.0963. The molecule has 0 saturated carbocycles. The SMILES string of the molecule is CCOC(=O)N1CCc2c(sc3c2C(=O)N[C@H](c2cc(Cc4ccccc4Cl)ccc2O)N3)C1. The van der Waals surface area contributed by atoms with Crippen LogP contribution in [-0.2, 0) is 24.1 Å². The van der Waals surface area contributed by atoms with Gasteiger partial charge in [0.25, 0.3) is 5.91 Å². The smallest absolute Gasteiger partial charge is 0.410 e. The molecule has 1 atom stereocenters. The van der Waals surface area contributed by atoms with Crippen molar-refractivity contribution in [3.05, 3.63) is 80.2 Å². The Balaban J connectivity index is 1.40. The van der Waals surface area contributed by atoms with Crippen LogP contribution in [-0.4, -0.2) is 35.2 Å². The Kier molecular flexibility index (Phi) is 6.10.